The molecule has 0 atom stereocenters. The molecule has 154 valence electrons. The molecule has 8 heteroatoms. The minimum absolute atomic E-state index is 0.0902. The number of guanidine groups is 1. The molecule has 1 heterocycles. The Kier molecular flexibility index (Phi) is 11.9. The van der Waals surface area contributed by atoms with Gasteiger partial charge in [-0.3, -0.25) is 4.99 Å². The van der Waals surface area contributed by atoms with Gasteiger partial charge < -0.3 is 15.5 Å². The van der Waals surface area contributed by atoms with Crippen LogP contribution in [0.3, 0.4) is 0 Å². The number of nitrogens with zero attached hydrogens (tertiary/aromatic N) is 3. The zero-order valence-corrected chi connectivity index (χ0v) is 17.8. The molecule has 1 aliphatic heterocycles. The molecule has 1 fully saturated rings. The van der Waals surface area contributed by atoms with E-state index in [0.717, 1.165) is 26.1 Å². The maximum absolute atomic E-state index is 12.2. The minimum atomic E-state index is -3.19. The first-order chi connectivity index (χ1) is 12.5. The Bertz CT molecular complexity index is 484. The van der Waals surface area contributed by atoms with Crippen LogP contribution in [-0.4, -0.2) is 81.7 Å². The maximum Gasteiger partial charge on any atom is 0.215 e. The summed E-state index contributed by atoms with van der Waals surface area (Å²) >= 11 is 0. The van der Waals surface area contributed by atoms with Crippen LogP contribution in [0.4, 0.5) is 0 Å². The third-order valence-electron chi connectivity index (χ3n) is 4.70. The number of rotatable bonds is 11. The monoisotopic (exact) mass is 389 g/mol. The summed E-state index contributed by atoms with van der Waals surface area (Å²) < 4.78 is 25.9. The smallest absolute Gasteiger partial charge is 0.215 e. The highest BCUT2D eigenvalue weighted by Gasteiger charge is 2.18. The van der Waals surface area contributed by atoms with Gasteiger partial charge in [-0.2, -0.15) is 0 Å². The topological polar surface area (TPSA) is 77.0 Å². The van der Waals surface area contributed by atoms with E-state index in [2.05, 4.69) is 20.5 Å². The van der Waals surface area contributed by atoms with Gasteiger partial charge in [0.2, 0.25) is 10.0 Å². The van der Waals surface area contributed by atoms with Crippen molar-refractivity contribution in [3.8, 4) is 0 Å². The van der Waals surface area contributed by atoms with Gasteiger partial charge in [-0.05, 0) is 45.8 Å². The molecular formula is C18H39N5O2S. The van der Waals surface area contributed by atoms with E-state index in [4.69, 9.17) is 0 Å². The van der Waals surface area contributed by atoms with Crippen LogP contribution >= 0.6 is 0 Å². The molecule has 0 aromatic heterocycles. The normalized spacial score (nSPS) is 17.3. The van der Waals surface area contributed by atoms with Gasteiger partial charge in [0.25, 0.3) is 0 Å². The summed E-state index contributed by atoms with van der Waals surface area (Å²) in [6, 6.07) is 0. The summed E-state index contributed by atoms with van der Waals surface area (Å²) in [5, 5.41) is 6.34. The predicted octanol–water partition coefficient (Wildman–Crippen LogP) is 1.48. The predicted molar refractivity (Wildman–Crippen MR) is 110 cm³/mol. The second-order valence-corrected chi connectivity index (χ2v) is 8.79. The van der Waals surface area contributed by atoms with E-state index in [-0.39, 0.29) is 5.75 Å². The molecule has 1 aliphatic rings. The number of aliphatic imine (C=N–C) groups is 1. The van der Waals surface area contributed by atoms with Crippen molar-refractivity contribution in [3.63, 3.8) is 0 Å². The fraction of sp³-hybridized carbons (Fsp3) is 0.944. The summed E-state index contributed by atoms with van der Waals surface area (Å²) in [4.78, 5) is 7.13. The Morgan fingerprint density at radius 1 is 1.04 bits per heavy atom. The van der Waals surface area contributed by atoms with E-state index in [9.17, 15) is 8.42 Å². The highest BCUT2D eigenvalue weighted by molar-refractivity contribution is 7.89. The Labute approximate surface area is 160 Å². The van der Waals surface area contributed by atoms with E-state index in [1.165, 1.54) is 43.1 Å². The van der Waals surface area contributed by atoms with Crippen LogP contribution in [0, 0.1) is 0 Å². The Morgan fingerprint density at radius 3 is 2.27 bits per heavy atom. The first-order valence-electron chi connectivity index (χ1n) is 10.3. The lowest BCUT2D eigenvalue weighted by molar-refractivity contribution is 0.283. The molecule has 0 aromatic carbocycles. The fourth-order valence-electron chi connectivity index (χ4n) is 3.23. The van der Waals surface area contributed by atoms with Crippen LogP contribution in [0.1, 0.15) is 52.9 Å². The van der Waals surface area contributed by atoms with Crippen molar-refractivity contribution < 1.29 is 8.42 Å². The summed E-state index contributed by atoms with van der Waals surface area (Å²) in [6.07, 6.45) is 6.39. The second kappa shape index (κ2) is 13.3. The lowest BCUT2D eigenvalue weighted by Crippen LogP contribution is -2.42. The molecule has 26 heavy (non-hydrogen) atoms. The first-order valence-corrected chi connectivity index (χ1v) is 11.9. The molecule has 0 aromatic rings. The highest BCUT2D eigenvalue weighted by Crippen LogP contribution is 2.09. The Balaban J connectivity index is 2.36. The van der Waals surface area contributed by atoms with Gasteiger partial charge >= 0.3 is 0 Å². The molecule has 1 saturated heterocycles. The Morgan fingerprint density at radius 2 is 1.69 bits per heavy atom. The molecule has 0 unspecified atom stereocenters. The second-order valence-electron chi connectivity index (χ2n) is 6.70. The molecule has 7 nitrogen and oxygen atoms in total. The standard InChI is InChI=1S/C18H39N5O2S/c1-4-19-18(21-13-17-26(24,25)23(5-2)6-3)20-12-11-16-22-14-9-7-8-10-15-22/h4-17H2,1-3H3,(H2,19,20,21). The summed E-state index contributed by atoms with van der Waals surface area (Å²) in [7, 11) is -3.19. The van der Waals surface area contributed by atoms with Gasteiger partial charge in [0.15, 0.2) is 5.96 Å². The minimum Gasteiger partial charge on any atom is -0.357 e. The Hall–Kier alpha value is -0.860. The van der Waals surface area contributed by atoms with Crippen LogP contribution in [0.5, 0.6) is 0 Å². The maximum atomic E-state index is 12.2. The molecule has 0 bridgehead atoms. The van der Waals surface area contributed by atoms with Crippen LogP contribution in [0.2, 0.25) is 0 Å². The van der Waals surface area contributed by atoms with Gasteiger partial charge in [0, 0.05) is 32.7 Å². The van der Waals surface area contributed by atoms with Crippen LogP contribution in [0.15, 0.2) is 4.99 Å². The van der Waals surface area contributed by atoms with Crippen molar-refractivity contribution in [1.82, 2.24) is 19.8 Å². The quantitative estimate of drug-likeness (QED) is 0.318. The van der Waals surface area contributed by atoms with Gasteiger partial charge in [0.05, 0.1) is 5.75 Å². The van der Waals surface area contributed by atoms with E-state index in [1.807, 2.05) is 20.8 Å². The SMILES string of the molecule is CCNC(=NCCCN1CCCCCC1)NCCS(=O)(=O)N(CC)CC. The lowest BCUT2D eigenvalue weighted by Gasteiger charge is -2.19. The molecular weight excluding hydrogens is 350 g/mol. The van der Waals surface area contributed by atoms with E-state index >= 15 is 0 Å². The molecule has 0 radical (unpaired) electrons. The van der Waals surface area contributed by atoms with E-state index < -0.39 is 10.0 Å². The van der Waals surface area contributed by atoms with Crippen LogP contribution in [0.25, 0.3) is 0 Å². The van der Waals surface area contributed by atoms with Crippen LogP contribution in [-0.2, 0) is 10.0 Å². The summed E-state index contributed by atoms with van der Waals surface area (Å²) in [5.74, 6) is 0.797. The summed E-state index contributed by atoms with van der Waals surface area (Å²) in [5.41, 5.74) is 0. The largest absolute Gasteiger partial charge is 0.357 e. The fourth-order valence-corrected chi connectivity index (χ4v) is 4.64. The van der Waals surface area contributed by atoms with Crippen LogP contribution < -0.4 is 10.6 Å². The third-order valence-corrected chi connectivity index (χ3v) is 6.72. The number of hydrogen-bond acceptors (Lipinski definition) is 4. The van der Waals surface area contributed by atoms with E-state index in [1.54, 1.807) is 0 Å². The van der Waals surface area contributed by atoms with Crippen molar-refractivity contribution in [3.05, 3.63) is 0 Å². The number of sulfonamides is 1. The average molecular weight is 390 g/mol. The number of nitrogens with one attached hydrogen (secondary N) is 2. The molecule has 0 aliphatic carbocycles. The lowest BCUT2D eigenvalue weighted by atomic mass is 10.2. The van der Waals surface area contributed by atoms with Gasteiger partial charge in [-0.25, -0.2) is 12.7 Å². The van der Waals surface area contributed by atoms with Crippen molar-refractivity contribution >= 4 is 16.0 Å². The molecule has 0 amide bonds. The zero-order chi connectivity index (χ0) is 19.3. The zero-order valence-electron chi connectivity index (χ0n) is 17.0. The molecule has 1 rings (SSSR count). The van der Waals surface area contributed by atoms with Gasteiger partial charge in [0.1, 0.15) is 0 Å². The summed E-state index contributed by atoms with van der Waals surface area (Å²) in [6.45, 7) is 12.2. The third kappa shape index (κ3) is 9.19. The van der Waals surface area contributed by atoms with Crippen molar-refractivity contribution in [2.45, 2.75) is 52.9 Å². The first kappa shape index (κ1) is 23.2. The van der Waals surface area contributed by atoms with Crippen molar-refractivity contribution in [1.29, 1.82) is 0 Å². The van der Waals surface area contributed by atoms with Gasteiger partial charge in [-0.15, -0.1) is 0 Å². The molecule has 0 spiro atoms. The van der Waals surface area contributed by atoms with Gasteiger partial charge in [-0.1, -0.05) is 26.7 Å². The number of hydrogen-bond donors (Lipinski definition) is 2. The average Bonchev–Trinajstić information content (AvgIpc) is 2.88. The highest BCUT2D eigenvalue weighted by atomic mass is 32.2. The number of likely N-dealkylation sites (tertiary alicyclic amines) is 1. The van der Waals surface area contributed by atoms with Crippen molar-refractivity contribution in [2.24, 2.45) is 4.99 Å². The van der Waals surface area contributed by atoms with Crippen molar-refractivity contribution in [2.75, 3.05) is 58.1 Å². The molecule has 0 saturated carbocycles. The van der Waals surface area contributed by atoms with E-state index in [0.29, 0.717) is 25.6 Å². The molecule has 2 N–H and O–H groups in total.